The number of sulfonamides is 1. The number of likely N-dealkylation sites (N-methyl/N-ethyl adjacent to an activating group) is 1. The number of thiocarbonyl (C=S) groups is 1. The van der Waals surface area contributed by atoms with Gasteiger partial charge in [-0.2, -0.15) is 0 Å². The first-order valence-corrected chi connectivity index (χ1v) is 8.20. The molecule has 0 amide bonds. The summed E-state index contributed by atoms with van der Waals surface area (Å²) in [5.74, 6) is 0. The van der Waals surface area contributed by atoms with Gasteiger partial charge in [0.05, 0.1) is 18.9 Å². The standard InChI is InChI=1S/C12H20N4O3S2/c1-16(2)6-8-19-7-5-15-21(17,18)10-3-4-11(12(13)20)14-9-10/h3-4,9,15H,5-8H2,1-2H3,(H2,13,20). The number of ether oxygens (including phenoxy) is 1. The zero-order valence-corrected chi connectivity index (χ0v) is 13.7. The van der Waals surface area contributed by atoms with Crippen molar-refractivity contribution >= 4 is 27.2 Å². The predicted molar refractivity (Wildman–Crippen MR) is 84.7 cm³/mol. The summed E-state index contributed by atoms with van der Waals surface area (Å²) in [4.78, 5) is 6.08. The van der Waals surface area contributed by atoms with Crippen LogP contribution in [0.2, 0.25) is 0 Å². The van der Waals surface area contributed by atoms with E-state index in [-0.39, 0.29) is 16.4 Å². The second-order valence-electron chi connectivity index (χ2n) is 4.56. The Balaban J connectivity index is 2.44. The lowest BCUT2D eigenvalue weighted by molar-refractivity contribution is 0.122. The van der Waals surface area contributed by atoms with Gasteiger partial charge in [0.1, 0.15) is 9.88 Å². The molecule has 0 bridgehead atoms. The number of nitrogens with two attached hydrogens (primary N) is 1. The highest BCUT2D eigenvalue weighted by atomic mass is 32.2. The molecule has 0 radical (unpaired) electrons. The minimum absolute atomic E-state index is 0.0655. The van der Waals surface area contributed by atoms with Crippen LogP contribution in [0, 0.1) is 0 Å². The molecule has 9 heteroatoms. The quantitative estimate of drug-likeness (QED) is 0.468. The minimum Gasteiger partial charge on any atom is -0.388 e. The van der Waals surface area contributed by atoms with Crippen LogP contribution in [0.4, 0.5) is 0 Å². The fraction of sp³-hybridized carbons (Fsp3) is 0.500. The van der Waals surface area contributed by atoms with E-state index in [0.717, 1.165) is 6.54 Å². The zero-order valence-electron chi connectivity index (χ0n) is 12.1. The monoisotopic (exact) mass is 332 g/mol. The maximum Gasteiger partial charge on any atom is 0.242 e. The highest BCUT2D eigenvalue weighted by molar-refractivity contribution is 7.89. The maximum absolute atomic E-state index is 12.0. The molecule has 3 N–H and O–H groups in total. The van der Waals surface area contributed by atoms with Gasteiger partial charge in [0, 0.05) is 19.3 Å². The fourth-order valence-electron chi connectivity index (χ4n) is 1.37. The van der Waals surface area contributed by atoms with E-state index in [9.17, 15) is 8.42 Å². The van der Waals surface area contributed by atoms with Gasteiger partial charge in [0.15, 0.2) is 0 Å². The number of aromatic nitrogens is 1. The van der Waals surface area contributed by atoms with E-state index in [1.165, 1.54) is 18.3 Å². The van der Waals surface area contributed by atoms with E-state index in [2.05, 4.69) is 9.71 Å². The lowest BCUT2D eigenvalue weighted by Crippen LogP contribution is -2.28. The molecule has 0 spiro atoms. The summed E-state index contributed by atoms with van der Waals surface area (Å²) in [7, 11) is 0.287. The molecule has 0 unspecified atom stereocenters. The largest absolute Gasteiger partial charge is 0.388 e. The highest BCUT2D eigenvalue weighted by Gasteiger charge is 2.14. The van der Waals surface area contributed by atoms with Gasteiger partial charge in [-0.1, -0.05) is 12.2 Å². The van der Waals surface area contributed by atoms with E-state index in [4.69, 9.17) is 22.7 Å². The number of hydrogen-bond donors (Lipinski definition) is 2. The van der Waals surface area contributed by atoms with Crippen molar-refractivity contribution in [2.24, 2.45) is 5.73 Å². The van der Waals surface area contributed by atoms with Crippen LogP contribution in [0.15, 0.2) is 23.2 Å². The van der Waals surface area contributed by atoms with Crippen LogP contribution < -0.4 is 10.5 Å². The van der Waals surface area contributed by atoms with Gasteiger partial charge in [-0.05, 0) is 26.2 Å². The van der Waals surface area contributed by atoms with E-state index in [0.29, 0.717) is 18.9 Å². The summed E-state index contributed by atoms with van der Waals surface area (Å²) in [6, 6.07) is 2.89. The molecular formula is C12H20N4O3S2. The first kappa shape index (κ1) is 17.9. The molecule has 7 nitrogen and oxygen atoms in total. The summed E-state index contributed by atoms with van der Waals surface area (Å²) in [6.07, 6.45) is 1.23. The van der Waals surface area contributed by atoms with Crippen molar-refractivity contribution < 1.29 is 13.2 Å². The summed E-state index contributed by atoms with van der Waals surface area (Å²) in [5, 5.41) is 0. The van der Waals surface area contributed by atoms with Gasteiger partial charge in [-0.25, -0.2) is 13.1 Å². The second kappa shape index (κ2) is 8.35. The van der Waals surface area contributed by atoms with E-state index in [1.807, 2.05) is 19.0 Å². The smallest absolute Gasteiger partial charge is 0.242 e. The van der Waals surface area contributed by atoms with Crippen LogP contribution >= 0.6 is 12.2 Å². The van der Waals surface area contributed by atoms with Crippen molar-refractivity contribution in [1.82, 2.24) is 14.6 Å². The van der Waals surface area contributed by atoms with Gasteiger partial charge in [0.25, 0.3) is 0 Å². The minimum atomic E-state index is -3.59. The molecular weight excluding hydrogens is 312 g/mol. The molecule has 1 rings (SSSR count). The summed E-state index contributed by atoms with van der Waals surface area (Å²) < 4.78 is 31.7. The number of nitrogens with one attached hydrogen (secondary N) is 1. The maximum atomic E-state index is 12.0. The van der Waals surface area contributed by atoms with Crippen molar-refractivity contribution in [3.8, 4) is 0 Å². The van der Waals surface area contributed by atoms with Gasteiger partial charge in [-0.3, -0.25) is 4.98 Å². The van der Waals surface area contributed by atoms with Crippen LogP contribution in [0.25, 0.3) is 0 Å². The Morgan fingerprint density at radius 3 is 2.67 bits per heavy atom. The Kier molecular flexibility index (Phi) is 7.12. The van der Waals surface area contributed by atoms with Crippen LogP contribution in [0.3, 0.4) is 0 Å². The molecule has 118 valence electrons. The summed E-state index contributed by atoms with van der Waals surface area (Å²) in [5.41, 5.74) is 5.79. The molecule has 1 heterocycles. The topological polar surface area (TPSA) is 97.5 Å². The van der Waals surface area contributed by atoms with Crippen molar-refractivity contribution in [3.63, 3.8) is 0 Å². The van der Waals surface area contributed by atoms with Gasteiger partial charge in [-0.15, -0.1) is 0 Å². The van der Waals surface area contributed by atoms with Crippen LogP contribution in [0.1, 0.15) is 5.69 Å². The SMILES string of the molecule is CN(C)CCOCCNS(=O)(=O)c1ccc(C(N)=S)nc1. The van der Waals surface area contributed by atoms with Gasteiger partial charge >= 0.3 is 0 Å². The molecule has 1 aromatic heterocycles. The Morgan fingerprint density at radius 1 is 1.43 bits per heavy atom. The number of pyridine rings is 1. The van der Waals surface area contributed by atoms with Crippen LogP contribution in [-0.2, 0) is 14.8 Å². The Morgan fingerprint density at radius 2 is 2.14 bits per heavy atom. The summed E-state index contributed by atoms with van der Waals surface area (Å²) >= 11 is 4.76. The molecule has 0 aliphatic heterocycles. The number of hydrogen-bond acceptors (Lipinski definition) is 6. The molecule has 0 fully saturated rings. The second-order valence-corrected chi connectivity index (χ2v) is 6.76. The molecule has 0 aliphatic rings. The molecule has 21 heavy (non-hydrogen) atoms. The van der Waals surface area contributed by atoms with Gasteiger partial charge in [0.2, 0.25) is 10.0 Å². The van der Waals surface area contributed by atoms with Crippen molar-refractivity contribution in [2.75, 3.05) is 40.4 Å². The number of rotatable bonds is 9. The predicted octanol–water partition coefficient (Wildman–Crippen LogP) is -0.428. The highest BCUT2D eigenvalue weighted by Crippen LogP contribution is 2.07. The lowest BCUT2D eigenvalue weighted by Gasteiger charge is -2.10. The molecule has 1 aromatic rings. The number of nitrogens with zero attached hydrogens (tertiary/aromatic N) is 2. The first-order chi connectivity index (χ1) is 9.83. The average Bonchev–Trinajstić information content (AvgIpc) is 2.42. The van der Waals surface area contributed by atoms with Crippen molar-refractivity contribution in [1.29, 1.82) is 0 Å². The lowest BCUT2D eigenvalue weighted by atomic mass is 10.3. The Hall–Kier alpha value is -1.13. The van der Waals surface area contributed by atoms with Crippen molar-refractivity contribution in [2.45, 2.75) is 4.90 Å². The average molecular weight is 332 g/mol. The molecule has 0 saturated heterocycles. The molecule has 0 saturated carbocycles. The zero-order chi connectivity index (χ0) is 15.9. The fourth-order valence-corrected chi connectivity index (χ4v) is 2.44. The third kappa shape index (κ3) is 6.44. The summed E-state index contributed by atoms with van der Waals surface area (Å²) in [6.45, 7) is 1.86. The van der Waals surface area contributed by atoms with E-state index >= 15 is 0 Å². The first-order valence-electron chi connectivity index (χ1n) is 6.31. The normalized spacial score (nSPS) is 11.8. The van der Waals surface area contributed by atoms with Crippen molar-refractivity contribution in [3.05, 3.63) is 24.0 Å². The van der Waals surface area contributed by atoms with E-state index in [1.54, 1.807) is 0 Å². The van der Waals surface area contributed by atoms with E-state index < -0.39 is 10.0 Å². The Labute approximate surface area is 130 Å². The Bertz CT molecular complexity index is 558. The van der Waals surface area contributed by atoms with Crippen LogP contribution in [0.5, 0.6) is 0 Å². The van der Waals surface area contributed by atoms with Gasteiger partial charge < -0.3 is 15.4 Å². The molecule has 0 aliphatic carbocycles. The molecule has 0 atom stereocenters. The third-order valence-corrected chi connectivity index (χ3v) is 4.18. The molecule has 0 aromatic carbocycles. The third-order valence-electron chi connectivity index (χ3n) is 2.52. The van der Waals surface area contributed by atoms with Crippen LogP contribution in [-0.4, -0.2) is 63.7 Å².